The van der Waals surface area contributed by atoms with Gasteiger partial charge in [-0.1, -0.05) is 26.2 Å². The molecule has 2 nitrogen and oxygen atoms in total. The van der Waals surface area contributed by atoms with Crippen LogP contribution >= 0.6 is 0 Å². The molecule has 1 atom stereocenters. The maximum Gasteiger partial charge on any atom is 0.0695 e. The fraction of sp³-hybridized carbons (Fsp3) is 1.00. The average Bonchev–Trinajstić information content (AvgIpc) is 2.19. The molecule has 0 aromatic carbocycles. The molecule has 1 rings (SSSR count). The minimum Gasteiger partial charge on any atom is -0.392 e. The van der Waals surface area contributed by atoms with Gasteiger partial charge in [0, 0.05) is 6.54 Å². The van der Waals surface area contributed by atoms with Gasteiger partial charge in [0.05, 0.1) is 6.10 Å². The van der Waals surface area contributed by atoms with Gasteiger partial charge in [-0.05, 0) is 38.8 Å². The Kier molecular flexibility index (Phi) is 5.49. The summed E-state index contributed by atoms with van der Waals surface area (Å²) in [4.78, 5) is 2.25. The second-order valence-electron chi connectivity index (χ2n) is 4.73. The first-order chi connectivity index (χ1) is 6.74. The van der Waals surface area contributed by atoms with Crippen molar-refractivity contribution in [2.75, 3.05) is 20.1 Å². The molecule has 0 saturated heterocycles. The Balaban J connectivity index is 2.21. The molecule has 0 radical (unpaired) electrons. The third kappa shape index (κ3) is 3.97. The van der Waals surface area contributed by atoms with Crippen molar-refractivity contribution in [1.82, 2.24) is 4.90 Å². The first-order valence-electron chi connectivity index (χ1n) is 6.10. The molecule has 84 valence electrons. The van der Waals surface area contributed by atoms with E-state index in [2.05, 4.69) is 18.9 Å². The third-order valence-corrected chi connectivity index (χ3v) is 3.30. The summed E-state index contributed by atoms with van der Waals surface area (Å²) < 4.78 is 0. The third-order valence-electron chi connectivity index (χ3n) is 3.30. The minimum atomic E-state index is -0.0909. The van der Waals surface area contributed by atoms with Crippen molar-refractivity contribution >= 4 is 0 Å². The van der Waals surface area contributed by atoms with E-state index < -0.39 is 0 Å². The summed E-state index contributed by atoms with van der Waals surface area (Å²) in [6, 6.07) is 0. The highest BCUT2D eigenvalue weighted by Gasteiger charge is 2.22. The molecule has 0 aromatic rings. The van der Waals surface area contributed by atoms with E-state index >= 15 is 0 Å². The van der Waals surface area contributed by atoms with Crippen molar-refractivity contribution in [3.05, 3.63) is 0 Å². The lowest BCUT2D eigenvalue weighted by molar-refractivity contribution is 0.0551. The van der Waals surface area contributed by atoms with E-state index in [9.17, 15) is 5.11 Å². The molecular weight excluding hydrogens is 174 g/mol. The summed E-state index contributed by atoms with van der Waals surface area (Å²) in [6.07, 6.45) is 7.56. The van der Waals surface area contributed by atoms with Crippen molar-refractivity contribution < 1.29 is 5.11 Å². The largest absolute Gasteiger partial charge is 0.392 e. The predicted octanol–water partition coefficient (Wildman–Crippen LogP) is 2.27. The van der Waals surface area contributed by atoms with E-state index in [0.29, 0.717) is 5.92 Å². The van der Waals surface area contributed by atoms with Crippen LogP contribution in [0.25, 0.3) is 0 Å². The van der Waals surface area contributed by atoms with E-state index in [1.54, 1.807) is 0 Å². The van der Waals surface area contributed by atoms with E-state index in [1.165, 1.54) is 38.5 Å². The predicted molar refractivity (Wildman–Crippen MR) is 60.4 cm³/mol. The van der Waals surface area contributed by atoms with Gasteiger partial charge in [-0.15, -0.1) is 0 Å². The number of aliphatic hydroxyl groups is 1. The molecule has 14 heavy (non-hydrogen) atoms. The number of rotatable bonds is 5. The van der Waals surface area contributed by atoms with Crippen molar-refractivity contribution in [3.63, 3.8) is 0 Å². The highest BCUT2D eigenvalue weighted by molar-refractivity contribution is 4.75. The van der Waals surface area contributed by atoms with E-state index in [0.717, 1.165) is 13.1 Å². The van der Waals surface area contributed by atoms with Crippen LogP contribution in [0.5, 0.6) is 0 Å². The molecule has 1 aliphatic carbocycles. The number of likely N-dealkylation sites (N-methyl/N-ethyl adjacent to an activating group) is 1. The van der Waals surface area contributed by atoms with Crippen LogP contribution in [0.4, 0.5) is 0 Å². The summed E-state index contributed by atoms with van der Waals surface area (Å²) in [5.74, 6) is 0.572. The van der Waals surface area contributed by atoms with Crippen LogP contribution in [0, 0.1) is 5.92 Å². The lowest BCUT2D eigenvalue weighted by Gasteiger charge is -2.29. The molecule has 1 N–H and O–H groups in total. The molecule has 1 unspecified atom stereocenters. The average molecular weight is 199 g/mol. The summed E-state index contributed by atoms with van der Waals surface area (Å²) in [5.41, 5.74) is 0. The van der Waals surface area contributed by atoms with Crippen molar-refractivity contribution in [1.29, 1.82) is 0 Å². The highest BCUT2D eigenvalue weighted by Crippen LogP contribution is 2.26. The smallest absolute Gasteiger partial charge is 0.0695 e. The van der Waals surface area contributed by atoms with Crippen LogP contribution in [0.1, 0.15) is 45.4 Å². The quantitative estimate of drug-likeness (QED) is 0.734. The van der Waals surface area contributed by atoms with Crippen LogP contribution in [0.2, 0.25) is 0 Å². The molecule has 0 aromatic heterocycles. The van der Waals surface area contributed by atoms with Crippen LogP contribution in [-0.2, 0) is 0 Å². The summed E-state index contributed by atoms with van der Waals surface area (Å²) in [6.45, 7) is 4.14. The van der Waals surface area contributed by atoms with Gasteiger partial charge in [0.2, 0.25) is 0 Å². The summed E-state index contributed by atoms with van der Waals surface area (Å²) >= 11 is 0. The lowest BCUT2D eigenvalue weighted by Crippen LogP contribution is -2.35. The Hall–Kier alpha value is -0.0800. The molecule has 0 heterocycles. The van der Waals surface area contributed by atoms with Crippen LogP contribution in [0.15, 0.2) is 0 Å². The Morgan fingerprint density at radius 3 is 2.50 bits per heavy atom. The molecule has 2 heteroatoms. The Bertz CT molecular complexity index is 143. The SMILES string of the molecule is CCCN(C)CC(O)C1CCCCC1. The molecule has 1 aliphatic rings. The van der Waals surface area contributed by atoms with Crippen molar-refractivity contribution in [2.45, 2.75) is 51.6 Å². The van der Waals surface area contributed by atoms with Gasteiger partial charge in [-0.25, -0.2) is 0 Å². The molecule has 0 spiro atoms. The molecule has 0 bridgehead atoms. The minimum absolute atomic E-state index is 0.0909. The van der Waals surface area contributed by atoms with Gasteiger partial charge in [-0.3, -0.25) is 0 Å². The maximum atomic E-state index is 10.0. The topological polar surface area (TPSA) is 23.5 Å². The highest BCUT2D eigenvalue weighted by atomic mass is 16.3. The fourth-order valence-electron chi connectivity index (χ4n) is 2.46. The second kappa shape index (κ2) is 6.41. The van der Waals surface area contributed by atoms with E-state index in [4.69, 9.17) is 0 Å². The Labute approximate surface area is 88.3 Å². The maximum absolute atomic E-state index is 10.0. The zero-order valence-corrected chi connectivity index (χ0v) is 9.71. The second-order valence-corrected chi connectivity index (χ2v) is 4.73. The van der Waals surface area contributed by atoms with Gasteiger partial charge in [0.1, 0.15) is 0 Å². The van der Waals surface area contributed by atoms with Crippen LogP contribution in [0.3, 0.4) is 0 Å². The van der Waals surface area contributed by atoms with Gasteiger partial charge < -0.3 is 10.0 Å². The number of nitrogens with zero attached hydrogens (tertiary/aromatic N) is 1. The first-order valence-corrected chi connectivity index (χ1v) is 6.10. The zero-order valence-electron chi connectivity index (χ0n) is 9.71. The molecule has 1 saturated carbocycles. The number of aliphatic hydroxyl groups excluding tert-OH is 1. The van der Waals surface area contributed by atoms with Crippen molar-refractivity contribution in [3.8, 4) is 0 Å². The zero-order chi connectivity index (χ0) is 10.4. The molecule has 1 fully saturated rings. The van der Waals surface area contributed by atoms with Gasteiger partial charge >= 0.3 is 0 Å². The van der Waals surface area contributed by atoms with Crippen molar-refractivity contribution in [2.24, 2.45) is 5.92 Å². The van der Waals surface area contributed by atoms with Crippen LogP contribution < -0.4 is 0 Å². The summed E-state index contributed by atoms with van der Waals surface area (Å²) in [7, 11) is 2.11. The lowest BCUT2D eigenvalue weighted by atomic mass is 9.85. The fourth-order valence-corrected chi connectivity index (χ4v) is 2.46. The summed E-state index contributed by atoms with van der Waals surface area (Å²) in [5, 5.41) is 10.0. The normalized spacial score (nSPS) is 21.4. The van der Waals surface area contributed by atoms with Gasteiger partial charge in [0.15, 0.2) is 0 Å². The Morgan fingerprint density at radius 2 is 1.93 bits per heavy atom. The molecule has 0 amide bonds. The van der Waals surface area contributed by atoms with E-state index in [-0.39, 0.29) is 6.10 Å². The standard InChI is InChI=1S/C12H25NO/c1-3-9-13(2)10-12(14)11-7-5-4-6-8-11/h11-12,14H,3-10H2,1-2H3. The monoisotopic (exact) mass is 199 g/mol. The molecule has 0 aliphatic heterocycles. The van der Waals surface area contributed by atoms with Crippen LogP contribution in [-0.4, -0.2) is 36.2 Å². The first kappa shape index (κ1) is 12.0. The number of hydrogen-bond acceptors (Lipinski definition) is 2. The van der Waals surface area contributed by atoms with Gasteiger partial charge in [0.25, 0.3) is 0 Å². The Morgan fingerprint density at radius 1 is 1.29 bits per heavy atom. The number of hydrogen-bond donors (Lipinski definition) is 1. The van der Waals surface area contributed by atoms with Gasteiger partial charge in [-0.2, -0.15) is 0 Å². The molecular formula is C12H25NO. The van der Waals surface area contributed by atoms with E-state index in [1.807, 2.05) is 0 Å².